The number of hydrogen-bond acceptors (Lipinski definition) is 4. The summed E-state index contributed by atoms with van der Waals surface area (Å²) in [6.45, 7) is 0. The first-order valence-electron chi connectivity index (χ1n) is 15.0. The molecule has 1 heterocycles. The summed E-state index contributed by atoms with van der Waals surface area (Å²) in [6, 6.07) is 54.4. The fourth-order valence-electron chi connectivity index (χ4n) is 5.98. The van der Waals surface area contributed by atoms with Crippen molar-refractivity contribution in [2.24, 2.45) is 0 Å². The van der Waals surface area contributed by atoms with E-state index in [-0.39, 0.29) is 0 Å². The zero-order valence-electron chi connectivity index (χ0n) is 24.4. The summed E-state index contributed by atoms with van der Waals surface area (Å²) >= 11 is 0. The molecule has 4 heteroatoms. The van der Waals surface area contributed by atoms with Gasteiger partial charge in [-0.15, -0.1) is 0 Å². The van der Waals surface area contributed by atoms with Gasteiger partial charge >= 0.3 is 0 Å². The maximum absolute atomic E-state index is 6.05. The van der Waals surface area contributed by atoms with Gasteiger partial charge in [-0.25, -0.2) is 15.0 Å². The van der Waals surface area contributed by atoms with Crippen LogP contribution in [0.15, 0.2) is 158 Å². The zero-order chi connectivity index (χ0) is 30.2. The van der Waals surface area contributed by atoms with E-state index in [2.05, 4.69) is 84.9 Å². The Balaban J connectivity index is 1.26. The summed E-state index contributed by atoms with van der Waals surface area (Å²) in [4.78, 5) is 14.7. The molecular formula is C41H28N4. The molecular weight excluding hydrogens is 548 g/mol. The van der Waals surface area contributed by atoms with E-state index in [9.17, 15) is 0 Å². The lowest BCUT2D eigenvalue weighted by Crippen LogP contribution is -2.00. The largest absolute Gasteiger partial charge is 0.399 e. The molecule has 8 rings (SSSR count). The minimum atomic E-state index is 0.640. The third kappa shape index (κ3) is 5.09. The molecule has 0 bridgehead atoms. The molecule has 8 aromatic rings. The van der Waals surface area contributed by atoms with Gasteiger partial charge in [-0.1, -0.05) is 140 Å². The second kappa shape index (κ2) is 11.2. The summed E-state index contributed by atoms with van der Waals surface area (Å²) in [5.74, 6) is 1.94. The summed E-state index contributed by atoms with van der Waals surface area (Å²) in [7, 11) is 0. The SMILES string of the molecule is Nc1ccc2cc(-c3ccc4ccccc4c3-c3ccc(-c4nc(-c5ccccc5)nc(-c5ccccc5)n4)cc3)ccc2c1. The number of aromatic nitrogens is 3. The Kier molecular flexibility index (Phi) is 6.58. The van der Waals surface area contributed by atoms with Gasteiger partial charge in [0.25, 0.3) is 0 Å². The van der Waals surface area contributed by atoms with Gasteiger partial charge in [0.2, 0.25) is 0 Å². The van der Waals surface area contributed by atoms with E-state index in [0.29, 0.717) is 17.5 Å². The second-order valence-corrected chi connectivity index (χ2v) is 11.1. The number of hydrogen-bond donors (Lipinski definition) is 1. The molecule has 0 aliphatic rings. The van der Waals surface area contributed by atoms with Crippen LogP contribution in [0.5, 0.6) is 0 Å². The van der Waals surface area contributed by atoms with Crippen molar-refractivity contribution in [2.45, 2.75) is 0 Å². The average Bonchev–Trinajstić information content (AvgIpc) is 3.11. The topological polar surface area (TPSA) is 64.7 Å². The van der Waals surface area contributed by atoms with E-state index in [0.717, 1.165) is 44.3 Å². The Hall–Kier alpha value is -6.13. The Labute approximate surface area is 261 Å². The predicted molar refractivity (Wildman–Crippen MR) is 186 cm³/mol. The highest BCUT2D eigenvalue weighted by Gasteiger charge is 2.15. The Morgan fingerprint density at radius 2 is 0.844 bits per heavy atom. The molecule has 45 heavy (non-hydrogen) atoms. The van der Waals surface area contributed by atoms with Gasteiger partial charge in [-0.2, -0.15) is 0 Å². The van der Waals surface area contributed by atoms with Crippen LogP contribution in [-0.2, 0) is 0 Å². The summed E-state index contributed by atoms with van der Waals surface area (Å²) in [6.07, 6.45) is 0. The van der Waals surface area contributed by atoms with Crippen molar-refractivity contribution in [3.8, 4) is 56.4 Å². The lowest BCUT2D eigenvalue weighted by molar-refractivity contribution is 1.07. The first-order chi connectivity index (χ1) is 22.2. The van der Waals surface area contributed by atoms with Gasteiger partial charge in [0.1, 0.15) is 0 Å². The van der Waals surface area contributed by atoms with Crippen molar-refractivity contribution in [1.29, 1.82) is 0 Å². The first kappa shape index (κ1) is 26.5. The van der Waals surface area contributed by atoms with Crippen molar-refractivity contribution < 1.29 is 0 Å². The molecule has 4 nitrogen and oxygen atoms in total. The highest BCUT2D eigenvalue weighted by atomic mass is 15.0. The molecule has 0 unspecified atom stereocenters. The molecule has 0 saturated carbocycles. The minimum Gasteiger partial charge on any atom is -0.399 e. The summed E-state index contributed by atoms with van der Waals surface area (Å²) < 4.78 is 0. The fourth-order valence-corrected chi connectivity index (χ4v) is 5.98. The summed E-state index contributed by atoms with van der Waals surface area (Å²) in [5, 5.41) is 4.70. The van der Waals surface area contributed by atoms with Crippen molar-refractivity contribution >= 4 is 27.2 Å². The maximum atomic E-state index is 6.05. The molecule has 0 saturated heterocycles. The van der Waals surface area contributed by atoms with Crippen LogP contribution in [0.4, 0.5) is 5.69 Å². The maximum Gasteiger partial charge on any atom is 0.164 e. The first-order valence-corrected chi connectivity index (χ1v) is 15.0. The van der Waals surface area contributed by atoms with Crippen LogP contribution in [-0.4, -0.2) is 15.0 Å². The number of rotatable bonds is 5. The Morgan fingerprint density at radius 3 is 1.51 bits per heavy atom. The number of nitrogens with zero attached hydrogens (tertiary/aromatic N) is 3. The molecule has 0 spiro atoms. The van der Waals surface area contributed by atoms with Crippen molar-refractivity contribution in [2.75, 3.05) is 5.73 Å². The molecule has 0 atom stereocenters. The monoisotopic (exact) mass is 576 g/mol. The molecule has 0 aliphatic heterocycles. The molecule has 0 radical (unpaired) electrons. The fraction of sp³-hybridized carbons (Fsp3) is 0. The van der Waals surface area contributed by atoms with Crippen LogP contribution in [0, 0.1) is 0 Å². The predicted octanol–water partition coefficient (Wildman–Crippen LogP) is 10.1. The quantitative estimate of drug-likeness (QED) is 0.207. The number of fused-ring (bicyclic) bond motifs is 2. The van der Waals surface area contributed by atoms with Crippen LogP contribution in [0.2, 0.25) is 0 Å². The standard InChI is InChI=1S/C41H28N4/c42-35-23-21-32-25-34(20-19-33(32)26-35)37-24-22-27-9-7-8-14-36(27)38(37)28-15-17-31(18-16-28)41-44-39(29-10-3-1-4-11-29)43-40(45-41)30-12-5-2-6-13-30/h1-26H,42H2. The third-order valence-corrected chi connectivity index (χ3v) is 8.24. The van der Waals surface area contributed by atoms with Gasteiger partial charge < -0.3 is 5.73 Å². The van der Waals surface area contributed by atoms with E-state index in [1.807, 2.05) is 72.8 Å². The Morgan fingerprint density at radius 1 is 0.356 bits per heavy atom. The van der Waals surface area contributed by atoms with E-state index in [1.165, 1.54) is 21.9 Å². The van der Waals surface area contributed by atoms with Crippen LogP contribution in [0.25, 0.3) is 78.0 Å². The van der Waals surface area contributed by atoms with Crippen LogP contribution in [0.3, 0.4) is 0 Å². The second-order valence-electron chi connectivity index (χ2n) is 11.1. The molecule has 0 fully saturated rings. The normalized spacial score (nSPS) is 11.2. The molecule has 0 amide bonds. The van der Waals surface area contributed by atoms with Gasteiger partial charge in [0, 0.05) is 22.4 Å². The van der Waals surface area contributed by atoms with E-state index < -0.39 is 0 Å². The lowest BCUT2D eigenvalue weighted by Gasteiger charge is -2.15. The molecule has 7 aromatic carbocycles. The smallest absolute Gasteiger partial charge is 0.164 e. The van der Waals surface area contributed by atoms with Gasteiger partial charge in [-0.3, -0.25) is 0 Å². The van der Waals surface area contributed by atoms with Crippen molar-refractivity contribution in [3.05, 3.63) is 158 Å². The molecule has 1 aromatic heterocycles. The highest BCUT2D eigenvalue weighted by Crippen LogP contribution is 2.40. The zero-order valence-corrected chi connectivity index (χ0v) is 24.4. The van der Waals surface area contributed by atoms with Crippen LogP contribution >= 0.6 is 0 Å². The van der Waals surface area contributed by atoms with Crippen molar-refractivity contribution in [1.82, 2.24) is 15.0 Å². The molecule has 212 valence electrons. The lowest BCUT2D eigenvalue weighted by atomic mass is 9.88. The number of benzene rings is 7. The Bertz CT molecular complexity index is 2250. The highest BCUT2D eigenvalue weighted by molar-refractivity contribution is 6.05. The van der Waals surface area contributed by atoms with Crippen LogP contribution < -0.4 is 5.73 Å². The summed E-state index contributed by atoms with van der Waals surface area (Å²) in [5.41, 5.74) is 14.3. The van der Waals surface area contributed by atoms with Crippen molar-refractivity contribution in [3.63, 3.8) is 0 Å². The average molecular weight is 577 g/mol. The van der Waals surface area contributed by atoms with Gasteiger partial charge in [0.05, 0.1) is 0 Å². The van der Waals surface area contributed by atoms with E-state index in [4.69, 9.17) is 20.7 Å². The number of nitrogens with two attached hydrogens (primary N) is 1. The minimum absolute atomic E-state index is 0.640. The number of nitrogen functional groups attached to an aromatic ring is 1. The molecule has 0 aliphatic carbocycles. The third-order valence-electron chi connectivity index (χ3n) is 8.24. The van der Waals surface area contributed by atoms with Gasteiger partial charge in [-0.05, 0) is 62.0 Å². The molecule has 2 N–H and O–H groups in total. The number of anilines is 1. The van der Waals surface area contributed by atoms with Gasteiger partial charge in [0.15, 0.2) is 17.5 Å². The van der Waals surface area contributed by atoms with Crippen LogP contribution in [0.1, 0.15) is 0 Å². The van der Waals surface area contributed by atoms with E-state index in [1.54, 1.807) is 0 Å². The van der Waals surface area contributed by atoms with E-state index >= 15 is 0 Å².